The fraction of sp³-hybridized carbons (Fsp3) is 0.0833. The second-order valence-electron chi connectivity index (χ2n) is 3.38. The van der Waals surface area contributed by atoms with Crippen molar-refractivity contribution in [2.45, 2.75) is 16.8 Å². The third-order valence-corrected chi connectivity index (χ3v) is 4.26. The van der Waals surface area contributed by atoms with Gasteiger partial charge in [-0.15, -0.1) is 0 Å². The Morgan fingerprint density at radius 2 is 2.00 bits per heavy atom. The summed E-state index contributed by atoms with van der Waals surface area (Å²) in [6.07, 6.45) is 1.78. The van der Waals surface area contributed by atoms with Gasteiger partial charge in [0.2, 0.25) is 0 Å². The minimum Gasteiger partial charge on any atom is -0.396 e. The summed E-state index contributed by atoms with van der Waals surface area (Å²) in [6, 6.07) is 9.95. The molecule has 0 fully saturated rings. The van der Waals surface area contributed by atoms with E-state index in [1.54, 1.807) is 18.0 Å². The molecule has 4 heteroatoms. The van der Waals surface area contributed by atoms with E-state index in [0.717, 1.165) is 25.6 Å². The fourth-order valence-electron chi connectivity index (χ4n) is 1.26. The molecule has 82 valence electrons. The number of hydrogen-bond acceptors (Lipinski definition) is 3. The summed E-state index contributed by atoms with van der Waals surface area (Å²) in [7, 11) is 0. The summed E-state index contributed by atoms with van der Waals surface area (Å²) >= 11 is 5.08. The van der Waals surface area contributed by atoms with Gasteiger partial charge in [-0.25, -0.2) is 4.98 Å². The van der Waals surface area contributed by atoms with Gasteiger partial charge in [0.25, 0.3) is 0 Å². The summed E-state index contributed by atoms with van der Waals surface area (Å²) in [6.45, 7) is 1.99. The molecule has 0 aliphatic rings. The monoisotopic (exact) mass is 294 g/mol. The van der Waals surface area contributed by atoms with Crippen molar-refractivity contribution in [3.63, 3.8) is 0 Å². The molecule has 16 heavy (non-hydrogen) atoms. The van der Waals surface area contributed by atoms with E-state index in [2.05, 4.69) is 20.9 Å². The lowest BCUT2D eigenvalue weighted by atomic mass is 10.3. The normalized spacial score (nSPS) is 10.4. The molecule has 2 aromatic rings. The Labute approximate surface area is 107 Å². The number of rotatable bonds is 2. The minimum atomic E-state index is 0.753. The van der Waals surface area contributed by atoms with Crippen LogP contribution in [0.2, 0.25) is 0 Å². The third kappa shape index (κ3) is 2.39. The van der Waals surface area contributed by atoms with E-state index >= 15 is 0 Å². The Morgan fingerprint density at radius 3 is 2.75 bits per heavy atom. The number of aromatic nitrogens is 1. The Hall–Kier alpha value is -1.00. The van der Waals surface area contributed by atoms with E-state index in [1.165, 1.54) is 0 Å². The second kappa shape index (κ2) is 4.89. The molecule has 0 aliphatic heterocycles. The lowest BCUT2D eigenvalue weighted by molar-refractivity contribution is 1.12. The summed E-state index contributed by atoms with van der Waals surface area (Å²) in [5.74, 6) is 0. The van der Waals surface area contributed by atoms with Crippen molar-refractivity contribution in [1.29, 1.82) is 0 Å². The van der Waals surface area contributed by atoms with Crippen LogP contribution in [0.25, 0.3) is 0 Å². The number of benzene rings is 1. The molecule has 2 nitrogen and oxygen atoms in total. The quantitative estimate of drug-likeness (QED) is 0.913. The van der Waals surface area contributed by atoms with Gasteiger partial charge in [-0.3, -0.25) is 0 Å². The molecule has 0 radical (unpaired) electrons. The minimum absolute atomic E-state index is 0.753. The Balaban J connectivity index is 2.35. The van der Waals surface area contributed by atoms with Crippen molar-refractivity contribution in [2.24, 2.45) is 0 Å². The van der Waals surface area contributed by atoms with Crippen LogP contribution in [0.3, 0.4) is 0 Å². The molecule has 0 amide bonds. The zero-order valence-electron chi connectivity index (χ0n) is 8.77. The number of aryl methyl sites for hydroxylation is 1. The third-order valence-electron chi connectivity index (χ3n) is 2.21. The van der Waals surface area contributed by atoms with Crippen molar-refractivity contribution < 1.29 is 0 Å². The Bertz CT molecular complexity index is 514. The summed E-state index contributed by atoms with van der Waals surface area (Å²) in [4.78, 5) is 5.41. The number of nitrogen functional groups attached to an aromatic ring is 1. The Kier molecular flexibility index (Phi) is 3.51. The van der Waals surface area contributed by atoms with Crippen LogP contribution < -0.4 is 5.73 Å². The molecular weight excluding hydrogens is 284 g/mol. The number of anilines is 1. The molecule has 0 aliphatic carbocycles. The standard InChI is InChI=1S/C12H11BrN2S/c1-8-6-7-15-12(11(8)14)16-10-5-3-2-4-9(10)13/h2-7H,14H2,1H3. The fourth-order valence-corrected chi connectivity index (χ4v) is 2.69. The van der Waals surface area contributed by atoms with E-state index in [-0.39, 0.29) is 0 Å². The van der Waals surface area contributed by atoms with Crippen LogP contribution in [0.1, 0.15) is 5.56 Å². The molecule has 0 unspecified atom stereocenters. The number of hydrogen-bond donors (Lipinski definition) is 1. The van der Waals surface area contributed by atoms with E-state index in [4.69, 9.17) is 5.73 Å². The highest BCUT2D eigenvalue weighted by Gasteiger charge is 2.07. The molecule has 0 atom stereocenters. The van der Waals surface area contributed by atoms with Crippen molar-refractivity contribution >= 4 is 33.4 Å². The van der Waals surface area contributed by atoms with Gasteiger partial charge in [0.05, 0.1) is 5.69 Å². The first-order valence-corrected chi connectivity index (χ1v) is 6.43. The lowest BCUT2D eigenvalue weighted by Crippen LogP contribution is -1.94. The first-order valence-electron chi connectivity index (χ1n) is 4.82. The zero-order chi connectivity index (χ0) is 11.5. The van der Waals surface area contributed by atoms with Gasteiger partial charge in [-0.1, -0.05) is 23.9 Å². The Morgan fingerprint density at radius 1 is 1.25 bits per heavy atom. The van der Waals surface area contributed by atoms with E-state index in [0.29, 0.717) is 0 Å². The molecule has 1 aromatic heterocycles. The van der Waals surface area contributed by atoms with Gasteiger partial charge < -0.3 is 5.73 Å². The molecule has 0 saturated carbocycles. The van der Waals surface area contributed by atoms with Gasteiger partial charge >= 0.3 is 0 Å². The highest BCUT2D eigenvalue weighted by Crippen LogP contribution is 2.35. The molecule has 1 aromatic carbocycles. The first kappa shape index (κ1) is 11.5. The molecular formula is C12H11BrN2S. The number of pyridine rings is 1. The highest BCUT2D eigenvalue weighted by atomic mass is 79.9. The summed E-state index contributed by atoms with van der Waals surface area (Å²) in [5, 5.41) is 0.854. The summed E-state index contributed by atoms with van der Waals surface area (Å²) < 4.78 is 1.06. The predicted octanol–water partition coefficient (Wildman–Crippen LogP) is 3.89. The molecule has 0 spiro atoms. The van der Waals surface area contributed by atoms with Gasteiger partial charge in [-0.05, 0) is 46.6 Å². The van der Waals surface area contributed by atoms with Crippen LogP contribution in [-0.4, -0.2) is 4.98 Å². The zero-order valence-corrected chi connectivity index (χ0v) is 11.2. The smallest absolute Gasteiger partial charge is 0.124 e. The van der Waals surface area contributed by atoms with Gasteiger partial charge in [0.1, 0.15) is 5.03 Å². The second-order valence-corrected chi connectivity index (χ2v) is 5.26. The SMILES string of the molecule is Cc1ccnc(Sc2ccccc2Br)c1N. The maximum absolute atomic E-state index is 5.98. The van der Waals surface area contributed by atoms with Crippen molar-refractivity contribution in [1.82, 2.24) is 4.98 Å². The van der Waals surface area contributed by atoms with Crippen molar-refractivity contribution in [3.05, 3.63) is 46.6 Å². The van der Waals surface area contributed by atoms with Gasteiger partial charge in [0.15, 0.2) is 0 Å². The van der Waals surface area contributed by atoms with E-state index in [9.17, 15) is 0 Å². The number of nitrogens with two attached hydrogens (primary N) is 1. The van der Waals surface area contributed by atoms with Crippen LogP contribution in [0.5, 0.6) is 0 Å². The van der Waals surface area contributed by atoms with Gasteiger partial charge in [-0.2, -0.15) is 0 Å². The van der Waals surface area contributed by atoms with Crippen LogP contribution in [0.15, 0.2) is 50.9 Å². The van der Waals surface area contributed by atoms with E-state index in [1.807, 2.05) is 37.3 Å². The maximum atomic E-state index is 5.98. The molecule has 1 heterocycles. The largest absolute Gasteiger partial charge is 0.396 e. The summed E-state index contributed by atoms with van der Waals surface area (Å²) in [5.41, 5.74) is 7.79. The molecule has 2 N–H and O–H groups in total. The van der Waals surface area contributed by atoms with Crippen LogP contribution >= 0.6 is 27.7 Å². The lowest BCUT2D eigenvalue weighted by Gasteiger charge is -2.07. The first-order chi connectivity index (χ1) is 7.68. The topological polar surface area (TPSA) is 38.9 Å². The van der Waals surface area contributed by atoms with Crippen molar-refractivity contribution in [2.75, 3.05) is 5.73 Å². The van der Waals surface area contributed by atoms with Crippen LogP contribution in [0.4, 0.5) is 5.69 Å². The molecule has 2 rings (SSSR count). The van der Waals surface area contributed by atoms with Crippen molar-refractivity contribution in [3.8, 4) is 0 Å². The van der Waals surface area contributed by atoms with E-state index < -0.39 is 0 Å². The van der Waals surface area contributed by atoms with Crippen LogP contribution in [-0.2, 0) is 0 Å². The average molecular weight is 295 g/mol. The number of nitrogens with zero attached hydrogens (tertiary/aromatic N) is 1. The maximum Gasteiger partial charge on any atom is 0.124 e. The average Bonchev–Trinajstić information content (AvgIpc) is 2.28. The van der Waals surface area contributed by atoms with Crippen LogP contribution in [0, 0.1) is 6.92 Å². The molecule has 0 saturated heterocycles. The molecule has 0 bridgehead atoms. The van der Waals surface area contributed by atoms with Gasteiger partial charge in [0, 0.05) is 15.6 Å². The number of halogens is 1. The highest BCUT2D eigenvalue weighted by molar-refractivity contribution is 9.10. The predicted molar refractivity (Wildman–Crippen MR) is 71.7 cm³/mol.